The van der Waals surface area contributed by atoms with Gasteiger partial charge in [-0.25, -0.2) is 0 Å². The van der Waals surface area contributed by atoms with Gasteiger partial charge in [-0.3, -0.25) is 0 Å². The van der Waals surface area contributed by atoms with Gasteiger partial charge in [0.2, 0.25) is 0 Å². The van der Waals surface area contributed by atoms with E-state index < -0.39 is 12.3 Å². The van der Waals surface area contributed by atoms with Crippen molar-refractivity contribution in [1.29, 1.82) is 0 Å². The van der Waals surface area contributed by atoms with Crippen LogP contribution in [0.4, 0.5) is 13.2 Å². The van der Waals surface area contributed by atoms with Gasteiger partial charge in [0.05, 0.1) is 0 Å². The number of hydrogen-bond donors (Lipinski definition) is 0. The lowest BCUT2D eigenvalue weighted by Crippen LogP contribution is -2.28. The summed E-state index contributed by atoms with van der Waals surface area (Å²) in [5.41, 5.74) is 0. The second kappa shape index (κ2) is 5.41. The van der Waals surface area contributed by atoms with Gasteiger partial charge in [-0.05, 0) is 13.3 Å². The largest absolute Gasteiger partial charge is 0.414 e. The summed E-state index contributed by atoms with van der Waals surface area (Å²) in [7, 11) is 0. The summed E-state index contributed by atoms with van der Waals surface area (Å²) in [6.45, 7) is 3.23. The summed E-state index contributed by atoms with van der Waals surface area (Å²) in [6.07, 6.45) is -3.23. The van der Waals surface area contributed by atoms with Gasteiger partial charge in [0.25, 0.3) is 0 Å². The molecule has 0 aromatic rings. The van der Waals surface area contributed by atoms with E-state index in [4.69, 9.17) is 0 Å². The first-order valence-electron chi connectivity index (χ1n) is 4.16. The fourth-order valence-corrected chi connectivity index (χ4v) is 0.707. The SMILES string of the molecule is CCCCCOC(C)C(F)(F)F. The van der Waals surface area contributed by atoms with Gasteiger partial charge in [-0.1, -0.05) is 19.8 Å². The second-order valence-corrected chi connectivity index (χ2v) is 2.76. The summed E-state index contributed by atoms with van der Waals surface area (Å²) in [4.78, 5) is 0. The Labute approximate surface area is 70.9 Å². The summed E-state index contributed by atoms with van der Waals surface area (Å²) < 4.78 is 40.1. The molecule has 0 radical (unpaired) electrons. The Kier molecular flexibility index (Phi) is 5.29. The van der Waals surface area contributed by atoms with Crippen LogP contribution < -0.4 is 0 Å². The zero-order valence-electron chi connectivity index (χ0n) is 7.45. The highest BCUT2D eigenvalue weighted by atomic mass is 19.4. The Bertz CT molecular complexity index is 111. The summed E-state index contributed by atoms with van der Waals surface area (Å²) in [6, 6.07) is 0. The van der Waals surface area contributed by atoms with Crippen LogP contribution in [-0.2, 0) is 4.74 Å². The van der Waals surface area contributed by atoms with Crippen molar-refractivity contribution in [3.63, 3.8) is 0 Å². The fraction of sp³-hybridized carbons (Fsp3) is 1.00. The molecule has 12 heavy (non-hydrogen) atoms. The number of rotatable bonds is 5. The fourth-order valence-electron chi connectivity index (χ4n) is 0.707. The van der Waals surface area contributed by atoms with E-state index in [1.165, 1.54) is 0 Å². The van der Waals surface area contributed by atoms with Crippen LogP contribution in [0.3, 0.4) is 0 Å². The zero-order chi connectivity index (χ0) is 9.61. The molecule has 1 atom stereocenters. The van der Waals surface area contributed by atoms with E-state index in [2.05, 4.69) is 4.74 Å². The average molecular weight is 184 g/mol. The molecule has 0 fully saturated rings. The highest BCUT2D eigenvalue weighted by Crippen LogP contribution is 2.22. The maximum absolute atomic E-state index is 11.8. The molecule has 0 aliphatic heterocycles. The van der Waals surface area contributed by atoms with Crippen LogP contribution in [-0.4, -0.2) is 18.9 Å². The predicted octanol–water partition coefficient (Wildman–Crippen LogP) is 3.14. The van der Waals surface area contributed by atoms with Gasteiger partial charge in [0, 0.05) is 6.61 Å². The van der Waals surface area contributed by atoms with Gasteiger partial charge < -0.3 is 4.74 Å². The van der Waals surface area contributed by atoms with Crippen LogP contribution in [0.2, 0.25) is 0 Å². The number of alkyl halides is 3. The van der Waals surface area contributed by atoms with E-state index in [0.29, 0.717) is 6.42 Å². The van der Waals surface area contributed by atoms with E-state index in [1.54, 1.807) is 0 Å². The van der Waals surface area contributed by atoms with Crippen molar-refractivity contribution in [3.05, 3.63) is 0 Å². The molecule has 0 spiro atoms. The van der Waals surface area contributed by atoms with Crippen molar-refractivity contribution >= 4 is 0 Å². The first kappa shape index (κ1) is 11.8. The van der Waals surface area contributed by atoms with Crippen molar-refractivity contribution in [2.75, 3.05) is 6.61 Å². The molecule has 0 rings (SSSR count). The van der Waals surface area contributed by atoms with Crippen LogP contribution in [0.15, 0.2) is 0 Å². The van der Waals surface area contributed by atoms with Crippen LogP contribution in [0.25, 0.3) is 0 Å². The minimum absolute atomic E-state index is 0.203. The van der Waals surface area contributed by atoms with Gasteiger partial charge in [-0.15, -0.1) is 0 Å². The standard InChI is InChI=1S/C8H15F3O/c1-3-4-5-6-12-7(2)8(9,10)11/h7H,3-6H2,1-2H3. The van der Waals surface area contributed by atoms with Gasteiger partial charge in [0.15, 0.2) is 6.10 Å². The van der Waals surface area contributed by atoms with Crippen molar-refractivity contribution in [1.82, 2.24) is 0 Å². The number of halogens is 3. The third kappa shape index (κ3) is 5.41. The monoisotopic (exact) mass is 184 g/mol. The Morgan fingerprint density at radius 3 is 2.25 bits per heavy atom. The molecule has 0 saturated carbocycles. The Hall–Kier alpha value is -0.250. The predicted molar refractivity (Wildman–Crippen MR) is 41.0 cm³/mol. The third-order valence-electron chi connectivity index (χ3n) is 1.58. The zero-order valence-corrected chi connectivity index (χ0v) is 7.45. The molecule has 4 heteroatoms. The second-order valence-electron chi connectivity index (χ2n) is 2.76. The molecular weight excluding hydrogens is 169 g/mol. The summed E-state index contributed by atoms with van der Waals surface area (Å²) >= 11 is 0. The third-order valence-corrected chi connectivity index (χ3v) is 1.58. The van der Waals surface area contributed by atoms with E-state index in [0.717, 1.165) is 19.8 Å². The van der Waals surface area contributed by atoms with Crippen LogP contribution in [0.1, 0.15) is 33.1 Å². The van der Waals surface area contributed by atoms with Gasteiger partial charge >= 0.3 is 6.18 Å². The molecule has 0 bridgehead atoms. The Morgan fingerprint density at radius 1 is 1.25 bits per heavy atom. The lowest BCUT2D eigenvalue weighted by atomic mass is 10.3. The van der Waals surface area contributed by atoms with Crippen LogP contribution >= 0.6 is 0 Å². The Morgan fingerprint density at radius 2 is 1.83 bits per heavy atom. The highest BCUT2D eigenvalue weighted by Gasteiger charge is 2.36. The summed E-state index contributed by atoms with van der Waals surface area (Å²) in [5, 5.41) is 0. The van der Waals surface area contributed by atoms with Crippen molar-refractivity contribution < 1.29 is 17.9 Å². The maximum Gasteiger partial charge on any atom is 0.414 e. The Balaban J connectivity index is 3.38. The minimum Gasteiger partial charge on any atom is -0.369 e. The number of unbranched alkanes of at least 4 members (excludes halogenated alkanes) is 2. The molecule has 1 unspecified atom stereocenters. The van der Waals surface area contributed by atoms with E-state index in [9.17, 15) is 13.2 Å². The molecule has 0 N–H and O–H groups in total. The maximum atomic E-state index is 11.8. The quantitative estimate of drug-likeness (QED) is 0.596. The number of ether oxygens (including phenoxy) is 1. The van der Waals surface area contributed by atoms with Gasteiger partial charge in [0.1, 0.15) is 0 Å². The molecule has 0 amide bonds. The smallest absolute Gasteiger partial charge is 0.369 e. The van der Waals surface area contributed by atoms with Crippen LogP contribution in [0.5, 0.6) is 0 Å². The molecule has 0 aliphatic rings. The molecule has 74 valence electrons. The molecule has 0 aromatic heterocycles. The lowest BCUT2D eigenvalue weighted by molar-refractivity contribution is -0.214. The van der Waals surface area contributed by atoms with Crippen molar-refractivity contribution in [2.24, 2.45) is 0 Å². The van der Waals surface area contributed by atoms with E-state index >= 15 is 0 Å². The highest BCUT2D eigenvalue weighted by molar-refractivity contribution is 4.60. The number of hydrogen-bond acceptors (Lipinski definition) is 1. The molecular formula is C8H15F3O. The first-order chi connectivity index (χ1) is 5.48. The van der Waals surface area contributed by atoms with Crippen molar-refractivity contribution in [3.8, 4) is 0 Å². The lowest BCUT2D eigenvalue weighted by Gasteiger charge is -2.15. The molecule has 0 aromatic carbocycles. The van der Waals surface area contributed by atoms with E-state index in [1.807, 2.05) is 6.92 Å². The van der Waals surface area contributed by atoms with Crippen molar-refractivity contribution in [2.45, 2.75) is 45.4 Å². The van der Waals surface area contributed by atoms with Gasteiger partial charge in [-0.2, -0.15) is 13.2 Å². The normalized spacial score (nSPS) is 14.8. The summed E-state index contributed by atoms with van der Waals surface area (Å²) in [5.74, 6) is 0. The molecule has 1 nitrogen and oxygen atoms in total. The molecule has 0 heterocycles. The minimum atomic E-state index is -4.22. The first-order valence-corrected chi connectivity index (χ1v) is 4.16. The topological polar surface area (TPSA) is 9.23 Å². The molecule has 0 saturated heterocycles. The van der Waals surface area contributed by atoms with E-state index in [-0.39, 0.29) is 6.61 Å². The molecule has 0 aliphatic carbocycles. The van der Waals surface area contributed by atoms with Crippen LogP contribution in [0, 0.1) is 0 Å². The average Bonchev–Trinajstić information content (AvgIpc) is 1.96.